The number of rotatable bonds is 6. The van der Waals surface area contributed by atoms with E-state index in [0.717, 1.165) is 61.4 Å². The molecule has 0 saturated carbocycles. The van der Waals surface area contributed by atoms with Crippen molar-refractivity contribution in [2.24, 2.45) is 0 Å². The standard InChI is InChI=1S/C58H36N2OS/c1-2-15-38-32-42(30-28-37(38)14-1)59(41-17-13-16-39(33-41)40-29-31-57-49(34-40)48-22-7-12-27-56(48)62-57)43-35-50(58-51(36-43)47-21-6-11-26-55(47)61-58)46-20-5-10-25-54(46)60-52-23-8-3-18-44(52)45-19-4-9-24-53(45)60/h1-36H. The minimum absolute atomic E-state index is 0.867. The molecule has 0 radical (unpaired) electrons. The number of aromatic nitrogens is 1. The molecule has 10 aromatic carbocycles. The average molecular weight is 809 g/mol. The second-order valence-electron chi connectivity index (χ2n) is 16.1. The van der Waals surface area contributed by atoms with E-state index < -0.39 is 0 Å². The van der Waals surface area contributed by atoms with Gasteiger partial charge in [-0.2, -0.15) is 0 Å². The SMILES string of the molecule is c1cc(-c2ccc3sc4ccccc4c3c2)cc(N(c2ccc3ccccc3c2)c2cc(-c3ccccc3-n3c4ccccc4c4ccccc43)c3oc4ccccc4c3c2)c1. The van der Waals surface area contributed by atoms with Gasteiger partial charge in [-0.1, -0.05) is 140 Å². The van der Waals surface area contributed by atoms with Crippen LogP contribution in [0, 0.1) is 0 Å². The number of para-hydroxylation sites is 4. The monoisotopic (exact) mass is 808 g/mol. The van der Waals surface area contributed by atoms with Gasteiger partial charge in [0.2, 0.25) is 0 Å². The van der Waals surface area contributed by atoms with Gasteiger partial charge in [0.1, 0.15) is 11.2 Å². The lowest BCUT2D eigenvalue weighted by Crippen LogP contribution is -2.10. The van der Waals surface area contributed by atoms with E-state index in [2.05, 4.69) is 228 Å². The quantitative estimate of drug-likeness (QED) is 0.167. The summed E-state index contributed by atoms with van der Waals surface area (Å²) in [5, 5.41) is 9.61. The van der Waals surface area contributed by atoms with E-state index in [4.69, 9.17) is 4.42 Å². The Morgan fingerprint density at radius 1 is 0.371 bits per heavy atom. The van der Waals surface area contributed by atoms with Crippen LogP contribution in [0.3, 0.4) is 0 Å². The normalized spacial score (nSPS) is 11.9. The van der Waals surface area contributed by atoms with Gasteiger partial charge in [-0.25, -0.2) is 0 Å². The minimum atomic E-state index is 0.867. The molecule has 0 aliphatic carbocycles. The molecule has 0 atom stereocenters. The van der Waals surface area contributed by atoms with Gasteiger partial charge in [0, 0.05) is 69.9 Å². The summed E-state index contributed by atoms with van der Waals surface area (Å²) in [7, 11) is 0. The highest BCUT2D eigenvalue weighted by Gasteiger charge is 2.23. The number of benzene rings is 10. The molecule has 3 nitrogen and oxygen atoms in total. The summed E-state index contributed by atoms with van der Waals surface area (Å²) in [5.41, 5.74) is 12.8. The van der Waals surface area contributed by atoms with Crippen LogP contribution in [0.15, 0.2) is 223 Å². The molecule has 4 heteroatoms. The summed E-state index contributed by atoms with van der Waals surface area (Å²) in [6.45, 7) is 0. The molecule has 0 fully saturated rings. The first kappa shape index (κ1) is 34.9. The van der Waals surface area contributed by atoms with Crippen molar-refractivity contribution < 1.29 is 4.42 Å². The van der Waals surface area contributed by atoms with Crippen LogP contribution in [0.5, 0.6) is 0 Å². The zero-order valence-corrected chi connectivity index (χ0v) is 34.3. The zero-order chi connectivity index (χ0) is 40.7. The topological polar surface area (TPSA) is 21.3 Å². The molecular weight excluding hydrogens is 773 g/mol. The predicted molar refractivity (Wildman–Crippen MR) is 264 cm³/mol. The van der Waals surface area contributed by atoms with Crippen LogP contribution in [-0.2, 0) is 0 Å². The lowest BCUT2D eigenvalue weighted by atomic mass is 9.98. The number of hydrogen-bond acceptors (Lipinski definition) is 3. The Kier molecular flexibility index (Phi) is 7.78. The van der Waals surface area contributed by atoms with E-state index in [1.165, 1.54) is 58.3 Å². The molecule has 0 aliphatic rings. The molecule has 0 amide bonds. The maximum atomic E-state index is 6.90. The lowest BCUT2D eigenvalue weighted by Gasteiger charge is -2.27. The minimum Gasteiger partial charge on any atom is -0.455 e. The second kappa shape index (κ2) is 13.8. The van der Waals surface area contributed by atoms with E-state index in [0.29, 0.717) is 0 Å². The van der Waals surface area contributed by atoms with Crippen molar-refractivity contribution in [2.45, 2.75) is 0 Å². The largest absolute Gasteiger partial charge is 0.455 e. The van der Waals surface area contributed by atoms with Crippen molar-refractivity contribution in [3.05, 3.63) is 218 Å². The number of furan rings is 1. The summed E-state index contributed by atoms with van der Waals surface area (Å²) in [4.78, 5) is 2.42. The summed E-state index contributed by atoms with van der Waals surface area (Å²) < 4.78 is 11.9. The highest BCUT2D eigenvalue weighted by Crippen LogP contribution is 2.47. The van der Waals surface area contributed by atoms with Gasteiger partial charge in [-0.3, -0.25) is 0 Å². The van der Waals surface area contributed by atoms with E-state index in [1.807, 2.05) is 11.3 Å². The summed E-state index contributed by atoms with van der Waals surface area (Å²) >= 11 is 1.85. The molecule has 0 aliphatic heterocycles. The van der Waals surface area contributed by atoms with E-state index >= 15 is 0 Å². The van der Waals surface area contributed by atoms with Crippen molar-refractivity contribution in [3.8, 4) is 27.9 Å². The number of hydrogen-bond donors (Lipinski definition) is 0. The first-order chi connectivity index (χ1) is 30.7. The van der Waals surface area contributed by atoms with Crippen LogP contribution in [-0.4, -0.2) is 4.57 Å². The number of thiophene rings is 1. The van der Waals surface area contributed by atoms with Gasteiger partial charge < -0.3 is 13.9 Å². The molecule has 0 N–H and O–H groups in total. The zero-order valence-electron chi connectivity index (χ0n) is 33.5. The van der Waals surface area contributed by atoms with Gasteiger partial charge in [0.25, 0.3) is 0 Å². The van der Waals surface area contributed by atoms with E-state index in [-0.39, 0.29) is 0 Å². The van der Waals surface area contributed by atoms with Crippen LogP contribution in [0.2, 0.25) is 0 Å². The van der Waals surface area contributed by atoms with Gasteiger partial charge in [0.15, 0.2) is 0 Å². The molecule has 3 aromatic heterocycles. The van der Waals surface area contributed by atoms with Gasteiger partial charge in [0.05, 0.1) is 16.7 Å². The second-order valence-corrected chi connectivity index (χ2v) is 17.2. The van der Waals surface area contributed by atoms with Crippen molar-refractivity contribution in [1.29, 1.82) is 0 Å². The molecule has 13 rings (SSSR count). The Morgan fingerprint density at radius 2 is 1.03 bits per heavy atom. The number of nitrogens with zero attached hydrogens (tertiary/aromatic N) is 2. The first-order valence-corrected chi connectivity index (χ1v) is 21.9. The third-order valence-corrected chi connectivity index (χ3v) is 13.7. The maximum absolute atomic E-state index is 6.90. The van der Waals surface area contributed by atoms with Crippen LogP contribution >= 0.6 is 11.3 Å². The molecule has 13 aromatic rings. The van der Waals surface area contributed by atoms with Gasteiger partial charge >= 0.3 is 0 Å². The van der Waals surface area contributed by atoms with Gasteiger partial charge in [-0.15, -0.1) is 11.3 Å². The molecule has 0 spiro atoms. The Hall–Kier alpha value is -7.92. The van der Waals surface area contributed by atoms with Crippen LogP contribution in [0.4, 0.5) is 17.1 Å². The number of anilines is 3. The average Bonchev–Trinajstić information content (AvgIpc) is 4.01. The first-order valence-electron chi connectivity index (χ1n) is 21.1. The molecule has 290 valence electrons. The molecule has 3 heterocycles. The summed E-state index contributed by atoms with van der Waals surface area (Å²) in [6, 6.07) is 79.3. The fourth-order valence-corrected chi connectivity index (χ4v) is 10.8. The van der Waals surface area contributed by atoms with E-state index in [9.17, 15) is 0 Å². The lowest BCUT2D eigenvalue weighted by molar-refractivity contribution is 0.670. The smallest absolute Gasteiger partial charge is 0.143 e. The highest BCUT2D eigenvalue weighted by molar-refractivity contribution is 7.25. The van der Waals surface area contributed by atoms with Crippen LogP contribution in [0.25, 0.3) is 103 Å². The van der Waals surface area contributed by atoms with Crippen molar-refractivity contribution in [3.63, 3.8) is 0 Å². The number of fused-ring (bicyclic) bond motifs is 10. The third kappa shape index (κ3) is 5.44. The molecule has 62 heavy (non-hydrogen) atoms. The fourth-order valence-electron chi connectivity index (χ4n) is 9.71. The Balaban J connectivity index is 1.07. The molecule has 0 bridgehead atoms. The van der Waals surface area contributed by atoms with Crippen LogP contribution in [0.1, 0.15) is 0 Å². The van der Waals surface area contributed by atoms with Crippen molar-refractivity contribution >= 4 is 103 Å². The highest BCUT2D eigenvalue weighted by atomic mass is 32.1. The summed E-state index contributed by atoms with van der Waals surface area (Å²) in [6.07, 6.45) is 0. The fraction of sp³-hybridized carbons (Fsp3) is 0. The predicted octanol–water partition coefficient (Wildman–Crippen LogP) is 17.0. The van der Waals surface area contributed by atoms with Crippen molar-refractivity contribution in [2.75, 3.05) is 4.90 Å². The van der Waals surface area contributed by atoms with Crippen molar-refractivity contribution in [1.82, 2.24) is 4.57 Å². The summed E-state index contributed by atoms with van der Waals surface area (Å²) in [5.74, 6) is 0. The van der Waals surface area contributed by atoms with Crippen LogP contribution < -0.4 is 4.90 Å². The Morgan fingerprint density at radius 3 is 1.89 bits per heavy atom. The molecule has 0 unspecified atom stereocenters. The maximum Gasteiger partial charge on any atom is 0.143 e. The Labute approximate surface area is 361 Å². The Bertz CT molecular complexity index is 3850. The van der Waals surface area contributed by atoms with E-state index in [1.54, 1.807) is 0 Å². The molecule has 0 saturated heterocycles. The molecular formula is C58H36N2OS. The van der Waals surface area contributed by atoms with Gasteiger partial charge in [-0.05, 0) is 101 Å². The third-order valence-electron chi connectivity index (χ3n) is 12.5.